The fourth-order valence-electron chi connectivity index (χ4n) is 14.4. The number of nitrogens with one attached hydrogen (secondary N) is 9. The van der Waals surface area contributed by atoms with Gasteiger partial charge in [0.2, 0.25) is 53.2 Å². The molecule has 0 radical (unpaired) electrons. The zero-order valence-electron chi connectivity index (χ0n) is 92.0. The number of aryl methyl sites for hydroxylation is 9. The highest BCUT2D eigenvalue weighted by atomic mass is 19.1. The number of aromatic nitrogens is 6. The Morgan fingerprint density at radius 3 is 0.718 bits per heavy atom. The lowest BCUT2D eigenvalue weighted by Gasteiger charge is -2.27. The van der Waals surface area contributed by atoms with Gasteiger partial charge in [0, 0.05) is 121 Å². The van der Waals surface area contributed by atoms with E-state index in [1.807, 2.05) is 198 Å². The highest BCUT2D eigenvalue weighted by molar-refractivity contribution is 5.99. The Balaban J connectivity index is 0.000000204. The normalized spacial score (nSPS) is 14.0. The molecule has 149 heavy (non-hydrogen) atoms. The molecule has 16 rings (SSSR count). The SMILES string of the molecule is CCNCC(=O)N(C)c1ccc(C)cc1.CNCC(=O)N(C)c1ccc(C)cc1.Cc1ccc(N(C)C(=O)CNC2CCC2)cc1.Cc1ccc(N(C)C(=O)CNC2CCC2)cn1.Cc1ccc(N(C)C(=O)CNCC2CC2)cc1.Cc1ccc(N(C)C(=O)CNCC2CC2)cc1F.Cc1ccc(N(C)C(=O)CNCC2CC2)cn1.Cc1ncc(N(C)C(=O)CNC2CCC2)cn1.Cc1ncc(N(C)C(=O)CNCC2CC2)cn1. The third kappa shape index (κ3) is 46.2. The van der Waals surface area contributed by atoms with Crippen LogP contribution in [0.25, 0.3) is 0 Å². The van der Waals surface area contributed by atoms with Gasteiger partial charge in [-0.1, -0.05) is 103 Å². The van der Waals surface area contributed by atoms with Gasteiger partial charge in [-0.15, -0.1) is 0 Å². The summed E-state index contributed by atoms with van der Waals surface area (Å²) in [7, 11) is 17.7. The minimum atomic E-state index is -0.280. The first-order valence-corrected chi connectivity index (χ1v) is 52.6. The molecule has 9 N–H and O–H groups in total. The lowest BCUT2D eigenvalue weighted by Crippen LogP contribution is -2.42. The van der Waals surface area contributed by atoms with Gasteiger partial charge in [-0.25, -0.2) is 24.3 Å². The van der Waals surface area contributed by atoms with E-state index in [0.29, 0.717) is 99.9 Å². The van der Waals surface area contributed by atoms with E-state index in [1.54, 1.807) is 152 Å². The monoisotopic (exact) mass is 2050 g/mol. The molecule has 34 heteroatoms. The Morgan fingerprint density at radius 2 is 0.490 bits per heavy atom. The molecule has 0 unspecified atom stereocenters. The van der Waals surface area contributed by atoms with Gasteiger partial charge in [0.05, 0.1) is 119 Å². The first-order valence-electron chi connectivity index (χ1n) is 52.6. The summed E-state index contributed by atoms with van der Waals surface area (Å²) in [6, 6.07) is 46.0. The van der Waals surface area contributed by atoms with E-state index in [1.165, 1.54) is 142 Å². The van der Waals surface area contributed by atoms with Crippen LogP contribution in [0.4, 0.5) is 55.6 Å². The van der Waals surface area contributed by atoms with Gasteiger partial charge in [-0.2, -0.15) is 0 Å². The van der Waals surface area contributed by atoms with Crippen molar-refractivity contribution in [2.24, 2.45) is 23.7 Å². The molecule has 33 nitrogen and oxygen atoms in total. The molecule has 9 aromatic rings. The van der Waals surface area contributed by atoms with E-state index >= 15 is 0 Å². The van der Waals surface area contributed by atoms with Crippen molar-refractivity contribution in [1.82, 2.24) is 77.8 Å². The summed E-state index contributed by atoms with van der Waals surface area (Å²) in [5, 5.41) is 28.4. The molecule has 0 saturated heterocycles. The van der Waals surface area contributed by atoms with Crippen LogP contribution in [0.15, 0.2) is 177 Å². The lowest BCUT2D eigenvalue weighted by atomic mass is 9.93. The third-order valence-electron chi connectivity index (χ3n) is 26.9. The Bertz CT molecular complexity index is 5170. The third-order valence-corrected chi connectivity index (χ3v) is 26.9. The van der Waals surface area contributed by atoms with Crippen molar-refractivity contribution in [3.8, 4) is 0 Å². The predicted octanol–water partition coefficient (Wildman–Crippen LogP) is 13.4. The second-order valence-corrected chi connectivity index (χ2v) is 39.8. The minimum Gasteiger partial charge on any atom is -0.314 e. The number of hydrogen-bond donors (Lipinski definition) is 9. The molecule has 7 fully saturated rings. The average Bonchev–Trinajstić information content (AvgIpc) is 1.75. The van der Waals surface area contributed by atoms with E-state index in [9.17, 15) is 47.5 Å². The molecule has 5 aromatic carbocycles. The summed E-state index contributed by atoms with van der Waals surface area (Å²) >= 11 is 0. The molecule has 0 spiro atoms. The van der Waals surface area contributed by atoms with Gasteiger partial charge in [0.15, 0.2) is 0 Å². The van der Waals surface area contributed by atoms with Crippen LogP contribution in [-0.4, -0.2) is 263 Å². The number of hydrogen-bond acceptors (Lipinski definition) is 24. The number of benzene rings is 5. The number of rotatable bonds is 39. The van der Waals surface area contributed by atoms with Crippen molar-refractivity contribution in [3.05, 3.63) is 233 Å². The number of carbonyl (C=O) groups is 9. The summed E-state index contributed by atoms with van der Waals surface area (Å²) in [5.41, 5.74) is 14.8. The van der Waals surface area contributed by atoms with Gasteiger partial charge < -0.3 is 92.0 Å². The van der Waals surface area contributed by atoms with Crippen LogP contribution < -0.4 is 92.0 Å². The van der Waals surface area contributed by atoms with Crippen LogP contribution in [0.3, 0.4) is 0 Å². The van der Waals surface area contributed by atoms with Gasteiger partial charge in [0.25, 0.3) is 0 Å². The summed E-state index contributed by atoms with van der Waals surface area (Å²) < 4.78 is 13.4. The van der Waals surface area contributed by atoms with Crippen LogP contribution >= 0.6 is 0 Å². The first-order chi connectivity index (χ1) is 71.4. The second-order valence-electron chi connectivity index (χ2n) is 39.8. The zero-order valence-corrected chi connectivity index (χ0v) is 92.0. The summed E-state index contributed by atoms with van der Waals surface area (Å²) in [6.07, 6.45) is 31.5. The summed E-state index contributed by atoms with van der Waals surface area (Å²) in [4.78, 5) is 146. The molecule has 808 valence electrons. The fourth-order valence-corrected chi connectivity index (χ4v) is 14.4. The number of nitrogens with zero attached hydrogens (tertiary/aromatic N) is 15. The largest absolute Gasteiger partial charge is 0.314 e. The molecule has 7 aliphatic rings. The maximum atomic E-state index is 13.4. The highest BCUT2D eigenvalue weighted by Crippen LogP contribution is 2.31. The quantitative estimate of drug-likeness (QED) is 0.0173. The van der Waals surface area contributed by atoms with Crippen molar-refractivity contribution in [1.29, 1.82) is 0 Å². The standard InChI is InChI=1S/C14H19FN2O.2C14H20N2O.2C13H19N3O.2C12H18N4O.C12H18N2O.C11H16N2O/c1-10-3-6-12(7-13(10)15)17(2)14(18)9-16-8-11-4-5-11;1-11-3-7-13(8-4-11)16(2)14(17)10-15-9-12-5-6-12;1-11-6-8-13(9-7-11)16(2)14(17)10-15-12-4-3-5-12;1-10-3-6-12(8-15-10)16(2)13(17)9-14-7-11-4-5-11;1-10-6-7-12(8-14-10)16(2)13(17)9-15-11-4-3-5-11;1-9-14-6-11(7-15-9)16(2)12(17)8-13-5-10-3-4-10;1-9-13-6-11(7-14-9)16(2)12(17)8-15-10-4-3-5-10;1-4-13-9-12(15)14(3)11-7-5-10(2)6-8-11;1-9-4-6-10(7-5-9)13(3)11(14)8-12-2/h3,6-7,11,16H,4-5,8-9H2,1-2H3;3-4,7-8,12,15H,5-6,9-10H2,1-2H3;6-9,12,15H,3-5,10H2,1-2H3;3,6,8,11,14H,4-5,7,9H2,1-2H3;6-8,11,15H,3-5,9H2,1-2H3;6-7,10,13H,3-5,8H2,1-2H3;6-7,10,15H,3-5,8H2,1-2H3;5-8,13H,4,9H2,1-3H3;4-7,12H,8H2,1-3H3. The number of halogens is 1. The number of anilines is 9. The van der Waals surface area contributed by atoms with Crippen molar-refractivity contribution < 1.29 is 47.5 Å². The summed E-state index contributed by atoms with van der Waals surface area (Å²) in [6.45, 7) is 27.5. The van der Waals surface area contributed by atoms with Gasteiger partial charge in [-0.05, 0) is 306 Å². The fraction of sp³-hybridized carbons (Fsp3) is 0.504. The molecule has 4 aromatic heterocycles. The lowest BCUT2D eigenvalue weighted by molar-refractivity contribution is -0.118. The average molecular weight is 2050 g/mol. The number of pyridine rings is 2. The van der Waals surface area contributed by atoms with E-state index in [0.717, 1.165) is 113 Å². The van der Waals surface area contributed by atoms with Crippen molar-refractivity contribution >= 4 is 104 Å². The predicted molar refractivity (Wildman–Crippen MR) is 600 cm³/mol. The maximum Gasteiger partial charge on any atom is 0.240 e. The van der Waals surface area contributed by atoms with Crippen LogP contribution in [0.5, 0.6) is 0 Å². The van der Waals surface area contributed by atoms with E-state index in [2.05, 4.69) is 77.8 Å². The Morgan fingerprint density at radius 1 is 0.268 bits per heavy atom. The maximum absolute atomic E-state index is 13.4. The Hall–Kier alpha value is -12.6. The number of amides is 9. The molecule has 7 saturated carbocycles. The topological polar surface area (TPSA) is 368 Å². The second kappa shape index (κ2) is 64.7. The number of likely N-dealkylation sites (N-methyl/N-ethyl adjacent to an activating group) is 11. The molecular formula is C115H167FN24O9. The molecule has 7 aliphatic carbocycles. The van der Waals surface area contributed by atoms with Crippen LogP contribution in [0, 0.1) is 91.8 Å². The van der Waals surface area contributed by atoms with E-state index in [4.69, 9.17) is 0 Å². The molecular weight excluding hydrogens is 1880 g/mol. The zero-order chi connectivity index (χ0) is 108. The molecule has 4 heterocycles. The molecule has 0 atom stereocenters. The first kappa shape index (κ1) is 122. The van der Waals surface area contributed by atoms with Crippen molar-refractivity contribution in [3.63, 3.8) is 0 Å². The van der Waals surface area contributed by atoms with Crippen molar-refractivity contribution in [2.75, 3.05) is 206 Å². The van der Waals surface area contributed by atoms with Crippen LogP contribution in [0.2, 0.25) is 0 Å². The van der Waals surface area contributed by atoms with E-state index in [-0.39, 0.29) is 59.0 Å². The van der Waals surface area contributed by atoms with Crippen LogP contribution in [-0.2, 0) is 43.2 Å². The molecule has 0 bridgehead atoms. The molecule has 9 amide bonds. The van der Waals surface area contributed by atoms with Gasteiger partial charge in [-0.3, -0.25) is 53.1 Å². The van der Waals surface area contributed by atoms with Gasteiger partial charge in [0.1, 0.15) is 17.5 Å². The minimum absolute atomic E-state index is 0.0399. The Kier molecular flexibility index (Phi) is 52.8. The molecule has 0 aliphatic heterocycles. The van der Waals surface area contributed by atoms with Gasteiger partial charge >= 0.3 is 0 Å². The van der Waals surface area contributed by atoms with Crippen LogP contribution in [0.1, 0.15) is 167 Å². The highest BCUT2D eigenvalue weighted by Gasteiger charge is 2.28. The Labute approximate surface area is 884 Å². The smallest absolute Gasteiger partial charge is 0.240 e. The van der Waals surface area contributed by atoms with E-state index < -0.39 is 0 Å². The summed E-state index contributed by atoms with van der Waals surface area (Å²) in [5.74, 6) is 4.90. The number of carbonyl (C=O) groups excluding carboxylic acids is 9. The van der Waals surface area contributed by atoms with Crippen molar-refractivity contribution in [2.45, 2.75) is 197 Å².